The van der Waals surface area contributed by atoms with Crippen molar-refractivity contribution in [2.75, 3.05) is 20.8 Å². The second-order valence-electron chi connectivity index (χ2n) is 10.7. The number of rotatable bonds is 12. The van der Waals surface area contributed by atoms with Crippen molar-refractivity contribution in [2.24, 2.45) is 0 Å². The number of aromatic nitrogens is 3. The van der Waals surface area contributed by atoms with Crippen LogP contribution in [-0.2, 0) is 33.8 Å². The monoisotopic (exact) mass is 639 g/mol. The number of halogens is 2. The van der Waals surface area contributed by atoms with Gasteiger partial charge in [-0.2, -0.15) is 5.26 Å². The fraction of sp³-hybridized carbons (Fsp3) is 0.229. The molecule has 0 aliphatic rings. The van der Waals surface area contributed by atoms with Crippen LogP contribution in [0.1, 0.15) is 39.8 Å². The summed E-state index contributed by atoms with van der Waals surface area (Å²) >= 11 is 0. The Morgan fingerprint density at radius 2 is 1.77 bits per heavy atom. The minimum Gasteiger partial charge on any atom is -0.473 e. The highest BCUT2D eigenvalue weighted by atomic mass is 19.1. The number of hydrogen-bond acceptors (Lipinski definition) is 8. The van der Waals surface area contributed by atoms with Gasteiger partial charge in [0.05, 0.1) is 53.7 Å². The molecule has 3 aromatic carbocycles. The number of pyridine rings is 1. The number of hydrogen-bond donors (Lipinski definition) is 1. The van der Waals surface area contributed by atoms with Crippen molar-refractivity contribution in [3.8, 4) is 23.2 Å². The van der Waals surface area contributed by atoms with E-state index in [1.54, 1.807) is 48.5 Å². The van der Waals surface area contributed by atoms with Gasteiger partial charge in [-0.1, -0.05) is 24.3 Å². The third kappa shape index (κ3) is 7.77. The zero-order chi connectivity index (χ0) is 33.5. The Labute approximate surface area is 269 Å². The maximum atomic E-state index is 15.6. The number of fused-ring (bicyclic) bond motifs is 1. The Bertz CT molecular complexity index is 1990. The lowest BCUT2D eigenvalue weighted by Crippen LogP contribution is -2.34. The number of nitriles is 1. The van der Waals surface area contributed by atoms with E-state index in [1.807, 2.05) is 10.6 Å². The lowest BCUT2D eigenvalue weighted by Gasteiger charge is -2.19. The predicted molar refractivity (Wildman–Crippen MR) is 168 cm³/mol. The summed E-state index contributed by atoms with van der Waals surface area (Å²) in [6.07, 6.45) is -0.310. The molecule has 5 rings (SSSR count). The van der Waals surface area contributed by atoms with Crippen molar-refractivity contribution < 1.29 is 32.6 Å². The summed E-state index contributed by atoms with van der Waals surface area (Å²) in [5.41, 5.74) is 3.38. The molecule has 10 nitrogen and oxygen atoms in total. The standard InChI is InChI=1S/C35H31F2N5O5/c1-21(43)39-18-27(45-2)19-42-32-15-25(35(44)46-3)11-12-31(32)40-33(42)16-23-9-10-24(14-29(23)37)30-5-4-6-34(41-30)47-20-26-8-7-22(17-38)13-28(26)36/h4-15,27H,16,18-20H2,1-3H3,(H,39,43)/t27-/m1/s1. The van der Waals surface area contributed by atoms with Gasteiger partial charge in [0.1, 0.15) is 24.1 Å². The van der Waals surface area contributed by atoms with Crippen LogP contribution in [0.15, 0.2) is 72.8 Å². The van der Waals surface area contributed by atoms with E-state index in [4.69, 9.17) is 24.5 Å². The minimum atomic E-state index is -0.555. The molecule has 2 heterocycles. The van der Waals surface area contributed by atoms with Crippen LogP contribution in [0.4, 0.5) is 8.78 Å². The molecule has 0 saturated heterocycles. The van der Waals surface area contributed by atoms with Crippen LogP contribution in [0.25, 0.3) is 22.3 Å². The summed E-state index contributed by atoms with van der Waals surface area (Å²) in [6, 6.07) is 20.8. The van der Waals surface area contributed by atoms with E-state index in [9.17, 15) is 14.0 Å². The van der Waals surface area contributed by atoms with Crippen molar-refractivity contribution in [1.29, 1.82) is 5.26 Å². The molecule has 0 spiro atoms. The molecule has 0 aliphatic carbocycles. The van der Waals surface area contributed by atoms with Gasteiger partial charge < -0.3 is 24.1 Å². The first-order valence-corrected chi connectivity index (χ1v) is 14.6. The van der Waals surface area contributed by atoms with Crippen molar-refractivity contribution in [3.05, 3.63) is 113 Å². The van der Waals surface area contributed by atoms with Crippen molar-refractivity contribution in [3.63, 3.8) is 0 Å². The number of nitrogens with zero attached hydrogens (tertiary/aromatic N) is 4. The Balaban J connectivity index is 1.40. The molecule has 2 aromatic heterocycles. The molecule has 1 amide bonds. The average molecular weight is 640 g/mol. The molecular weight excluding hydrogens is 608 g/mol. The molecular formula is C35H31F2N5O5. The van der Waals surface area contributed by atoms with E-state index in [0.717, 1.165) is 6.07 Å². The zero-order valence-corrected chi connectivity index (χ0v) is 25.9. The number of ether oxygens (including phenoxy) is 3. The molecule has 0 aliphatic heterocycles. The Morgan fingerprint density at radius 3 is 2.47 bits per heavy atom. The van der Waals surface area contributed by atoms with E-state index in [1.165, 1.54) is 39.3 Å². The van der Waals surface area contributed by atoms with Crippen molar-refractivity contribution in [1.82, 2.24) is 19.9 Å². The third-order valence-corrected chi connectivity index (χ3v) is 7.53. The maximum absolute atomic E-state index is 15.6. The summed E-state index contributed by atoms with van der Waals surface area (Å²) in [5.74, 6) is -0.991. The van der Waals surface area contributed by atoms with E-state index in [0.29, 0.717) is 39.2 Å². The van der Waals surface area contributed by atoms with Crippen LogP contribution in [0, 0.1) is 23.0 Å². The highest BCUT2D eigenvalue weighted by Crippen LogP contribution is 2.26. The lowest BCUT2D eigenvalue weighted by molar-refractivity contribution is -0.119. The quantitative estimate of drug-likeness (QED) is 0.181. The molecule has 0 saturated carbocycles. The number of imidazole rings is 1. The summed E-state index contributed by atoms with van der Waals surface area (Å²) in [5, 5.41) is 11.7. The van der Waals surface area contributed by atoms with Gasteiger partial charge in [-0.05, 0) is 48.0 Å². The number of benzene rings is 3. The number of carbonyl (C=O) groups is 2. The van der Waals surface area contributed by atoms with Crippen molar-refractivity contribution >= 4 is 22.9 Å². The van der Waals surface area contributed by atoms with Crippen molar-refractivity contribution in [2.45, 2.75) is 32.6 Å². The first kappa shape index (κ1) is 32.7. The highest BCUT2D eigenvalue weighted by molar-refractivity contribution is 5.93. The molecule has 240 valence electrons. The molecule has 0 radical (unpaired) electrons. The van der Waals surface area contributed by atoms with Gasteiger partial charge in [0.15, 0.2) is 0 Å². The van der Waals surface area contributed by atoms with Gasteiger partial charge in [0.25, 0.3) is 0 Å². The smallest absolute Gasteiger partial charge is 0.337 e. The highest BCUT2D eigenvalue weighted by Gasteiger charge is 2.20. The van der Waals surface area contributed by atoms with Gasteiger partial charge in [-0.25, -0.2) is 23.5 Å². The topological polar surface area (TPSA) is 128 Å². The van der Waals surface area contributed by atoms with E-state index in [-0.39, 0.29) is 49.0 Å². The first-order valence-electron chi connectivity index (χ1n) is 14.6. The molecule has 0 bridgehead atoms. The second-order valence-corrected chi connectivity index (χ2v) is 10.7. The molecule has 1 N–H and O–H groups in total. The average Bonchev–Trinajstić information content (AvgIpc) is 3.41. The van der Waals surface area contributed by atoms with Crippen LogP contribution in [0.5, 0.6) is 5.88 Å². The predicted octanol–water partition coefficient (Wildman–Crippen LogP) is 5.36. The van der Waals surface area contributed by atoms with Crippen LogP contribution >= 0.6 is 0 Å². The number of carbonyl (C=O) groups excluding carboxylic acids is 2. The minimum absolute atomic E-state index is 0.0990. The molecule has 1 atom stereocenters. The van der Waals surface area contributed by atoms with E-state index < -0.39 is 23.7 Å². The molecule has 0 fully saturated rings. The number of amides is 1. The number of esters is 1. The lowest BCUT2D eigenvalue weighted by atomic mass is 10.1. The maximum Gasteiger partial charge on any atom is 0.337 e. The van der Waals surface area contributed by atoms with Crippen LogP contribution < -0.4 is 10.1 Å². The molecule has 0 unspecified atom stereocenters. The number of methoxy groups -OCH3 is 2. The van der Waals surface area contributed by atoms with Gasteiger partial charge in [-0.15, -0.1) is 0 Å². The van der Waals surface area contributed by atoms with Gasteiger partial charge in [0, 0.05) is 44.2 Å². The zero-order valence-electron chi connectivity index (χ0n) is 25.9. The van der Waals surface area contributed by atoms with Gasteiger partial charge in [-0.3, -0.25) is 4.79 Å². The fourth-order valence-electron chi connectivity index (χ4n) is 5.00. The summed E-state index contributed by atoms with van der Waals surface area (Å²) in [4.78, 5) is 33.0. The normalized spacial score (nSPS) is 11.6. The fourth-order valence-corrected chi connectivity index (χ4v) is 5.00. The summed E-state index contributed by atoms with van der Waals surface area (Å²) in [7, 11) is 2.83. The van der Waals surface area contributed by atoms with E-state index >= 15 is 4.39 Å². The molecule has 5 aromatic rings. The summed E-state index contributed by atoms with van der Waals surface area (Å²) < 4.78 is 47.9. The number of nitrogens with one attached hydrogen (secondary N) is 1. The Morgan fingerprint density at radius 1 is 0.979 bits per heavy atom. The third-order valence-electron chi connectivity index (χ3n) is 7.53. The molecule has 12 heteroatoms. The van der Waals surface area contributed by atoms with E-state index in [2.05, 4.69) is 10.3 Å². The van der Waals surface area contributed by atoms with Crippen LogP contribution in [0.2, 0.25) is 0 Å². The largest absolute Gasteiger partial charge is 0.473 e. The second kappa shape index (κ2) is 14.6. The van der Waals surface area contributed by atoms with Crippen LogP contribution in [0.3, 0.4) is 0 Å². The summed E-state index contributed by atoms with van der Waals surface area (Å²) in [6.45, 7) is 1.83. The Kier molecular flexibility index (Phi) is 10.2. The van der Waals surface area contributed by atoms with Crippen LogP contribution in [-0.4, -0.2) is 53.3 Å². The SMILES string of the molecule is COC(=O)c1ccc2nc(Cc3ccc(-c4cccc(OCc5ccc(C#N)cc5F)n4)cc3F)n(C[C@@H](CNC(C)=O)OC)c2c1. The van der Waals surface area contributed by atoms with Gasteiger partial charge in [0.2, 0.25) is 11.8 Å². The van der Waals surface area contributed by atoms with Gasteiger partial charge >= 0.3 is 5.97 Å². The molecule has 47 heavy (non-hydrogen) atoms. The Hall–Kier alpha value is -5.67. The first-order chi connectivity index (χ1) is 22.7.